The lowest BCUT2D eigenvalue weighted by Crippen LogP contribution is -1.88. The monoisotopic (exact) mass is 186 g/mol. The number of benzene rings is 1. The van der Waals surface area contributed by atoms with Crippen molar-refractivity contribution >= 4 is 10.9 Å². The number of nitriles is 1. The molecule has 1 N–H and O–H groups in total. The molecule has 3 nitrogen and oxygen atoms in total. The first-order valence-electron chi connectivity index (χ1n) is 4.32. The van der Waals surface area contributed by atoms with Crippen LogP contribution in [-0.4, -0.2) is 12.1 Å². The summed E-state index contributed by atoms with van der Waals surface area (Å²) in [6, 6.07) is 6.06. The van der Waals surface area contributed by atoms with Crippen LogP contribution < -0.4 is 4.74 Å². The highest BCUT2D eigenvalue weighted by atomic mass is 16.5. The Hall–Kier alpha value is -1.95. The average molecular weight is 186 g/mol. The number of hydrogen-bond acceptors (Lipinski definition) is 2. The Bertz CT molecular complexity index is 520. The van der Waals surface area contributed by atoms with Gasteiger partial charge in [0, 0.05) is 6.20 Å². The number of aryl methyl sites for hydroxylation is 1. The van der Waals surface area contributed by atoms with Gasteiger partial charge in [-0.25, -0.2) is 0 Å². The third-order valence-corrected chi connectivity index (χ3v) is 2.32. The molecule has 0 aliphatic rings. The summed E-state index contributed by atoms with van der Waals surface area (Å²) in [4.78, 5) is 3.04. The Labute approximate surface area is 81.9 Å². The molecule has 1 heterocycles. The first-order valence-corrected chi connectivity index (χ1v) is 4.32. The Balaban J connectivity index is 2.90. The summed E-state index contributed by atoms with van der Waals surface area (Å²) >= 11 is 0. The first kappa shape index (κ1) is 8.64. The van der Waals surface area contributed by atoms with Crippen LogP contribution in [0, 0.1) is 18.3 Å². The molecule has 0 saturated heterocycles. The van der Waals surface area contributed by atoms with Crippen molar-refractivity contribution in [2.75, 3.05) is 7.11 Å². The molecule has 2 rings (SSSR count). The molecule has 2 aromatic rings. The van der Waals surface area contributed by atoms with Gasteiger partial charge in [0.25, 0.3) is 0 Å². The van der Waals surface area contributed by atoms with Gasteiger partial charge in [-0.05, 0) is 18.6 Å². The van der Waals surface area contributed by atoms with E-state index in [1.807, 2.05) is 19.1 Å². The van der Waals surface area contributed by atoms with Crippen LogP contribution in [0.2, 0.25) is 0 Å². The normalized spacial score (nSPS) is 10.1. The van der Waals surface area contributed by atoms with Crippen LogP contribution in [-0.2, 0) is 0 Å². The minimum absolute atomic E-state index is 0.626. The molecule has 0 radical (unpaired) electrons. The Morgan fingerprint density at radius 3 is 2.86 bits per heavy atom. The second-order valence-corrected chi connectivity index (χ2v) is 3.15. The molecule has 70 valence electrons. The van der Waals surface area contributed by atoms with Crippen molar-refractivity contribution in [1.29, 1.82) is 5.26 Å². The molecule has 0 fully saturated rings. The van der Waals surface area contributed by atoms with Crippen molar-refractivity contribution in [2.24, 2.45) is 0 Å². The molecule has 3 heteroatoms. The fourth-order valence-corrected chi connectivity index (χ4v) is 1.65. The number of ether oxygens (including phenoxy) is 1. The first-order chi connectivity index (χ1) is 6.77. The zero-order valence-electron chi connectivity index (χ0n) is 8.09. The number of rotatable bonds is 1. The molecular weight excluding hydrogens is 176 g/mol. The van der Waals surface area contributed by atoms with Gasteiger partial charge >= 0.3 is 0 Å². The molecule has 0 spiro atoms. The summed E-state index contributed by atoms with van der Waals surface area (Å²) in [7, 11) is 1.62. The molecular formula is C11H10N2O. The molecule has 0 saturated carbocycles. The van der Waals surface area contributed by atoms with Gasteiger partial charge in [0.15, 0.2) is 0 Å². The van der Waals surface area contributed by atoms with E-state index in [4.69, 9.17) is 10.00 Å². The van der Waals surface area contributed by atoms with Gasteiger partial charge in [-0.2, -0.15) is 5.26 Å². The van der Waals surface area contributed by atoms with Crippen molar-refractivity contribution in [3.63, 3.8) is 0 Å². The van der Waals surface area contributed by atoms with Gasteiger partial charge in [0.05, 0.1) is 23.6 Å². The number of H-pyrrole nitrogens is 1. The fourth-order valence-electron chi connectivity index (χ4n) is 1.65. The molecule has 0 bridgehead atoms. The third kappa shape index (κ3) is 1.05. The highest BCUT2D eigenvalue weighted by molar-refractivity contribution is 5.92. The average Bonchev–Trinajstić information content (AvgIpc) is 2.61. The Morgan fingerprint density at radius 1 is 1.43 bits per heavy atom. The molecule has 0 atom stereocenters. The second kappa shape index (κ2) is 3.08. The van der Waals surface area contributed by atoms with E-state index >= 15 is 0 Å². The van der Waals surface area contributed by atoms with Crippen LogP contribution in [0.3, 0.4) is 0 Å². The van der Waals surface area contributed by atoms with Crippen molar-refractivity contribution < 1.29 is 4.74 Å². The lowest BCUT2D eigenvalue weighted by atomic mass is 10.1. The molecule has 1 aromatic carbocycles. The minimum Gasteiger partial charge on any atom is -0.496 e. The van der Waals surface area contributed by atoms with Crippen molar-refractivity contribution in [3.8, 4) is 11.8 Å². The van der Waals surface area contributed by atoms with Crippen molar-refractivity contribution in [2.45, 2.75) is 6.92 Å². The molecule has 0 aliphatic heterocycles. The van der Waals surface area contributed by atoms with Crippen molar-refractivity contribution in [3.05, 3.63) is 29.5 Å². The van der Waals surface area contributed by atoms with E-state index in [9.17, 15) is 0 Å². The summed E-state index contributed by atoms with van der Waals surface area (Å²) in [6.07, 6.45) is 1.70. The maximum absolute atomic E-state index is 8.91. The van der Waals surface area contributed by atoms with Gasteiger partial charge in [-0.1, -0.05) is 6.07 Å². The number of hydrogen-bond donors (Lipinski definition) is 1. The van der Waals surface area contributed by atoms with E-state index in [1.54, 1.807) is 13.3 Å². The topological polar surface area (TPSA) is 48.8 Å². The van der Waals surface area contributed by atoms with Gasteiger partial charge in [-0.3, -0.25) is 0 Å². The van der Waals surface area contributed by atoms with Crippen LogP contribution in [0.4, 0.5) is 0 Å². The van der Waals surface area contributed by atoms with E-state index < -0.39 is 0 Å². The summed E-state index contributed by atoms with van der Waals surface area (Å²) in [5.41, 5.74) is 2.60. The maximum atomic E-state index is 8.91. The standard InChI is InChI=1S/C11H10N2O/c1-7-3-4-9-10(11(7)14-2)8(5-12)6-13-9/h3-4,6,13H,1-2H3. The Kier molecular flexibility index (Phi) is 1.90. The van der Waals surface area contributed by atoms with Gasteiger partial charge in [-0.15, -0.1) is 0 Å². The summed E-state index contributed by atoms with van der Waals surface area (Å²) < 4.78 is 5.29. The number of nitrogens with zero attached hydrogens (tertiary/aromatic N) is 1. The zero-order chi connectivity index (χ0) is 10.1. The third-order valence-electron chi connectivity index (χ3n) is 2.32. The highest BCUT2D eigenvalue weighted by Gasteiger charge is 2.10. The predicted molar refractivity (Wildman–Crippen MR) is 54.3 cm³/mol. The van der Waals surface area contributed by atoms with E-state index in [0.29, 0.717) is 5.56 Å². The fraction of sp³-hybridized carbons (Fsp3) is 0.182. The molecule has 0 unspecified atom stereocenters. The minimum atomic E-state index is 0.626. The SMILES string of the molecule is COc1c(C)ccc2[nH]cc(C#N)c12. The highest BCUT2D eigenvalue weighted by Crippen LogP contribution is 2.31. The van der Waals surface area contributed by atoms with Crippen LogP contribution >= 0.6 is 0 Å². The molecule has 1 aromatic heterocycles. The Morgan fingerprint density at radius 2 is 2.21 bits per heavy atom. The van der Waals surface area contributed by atoms with E-state index in [1.165, 1.54) is 0 Å². The van der Waals surface area contributed by atoms with Crippen LogP contribution in [0.15, 0.2) is 18.3 Å². The zero-order valence-corrected chi connectivity index (χ0v) is 8.09. The second-order valence-electron chi connectivity index (χ2n) is 3.15. The number of nitrogens with one attached hydrogen (secondary N) is 1. The summed E-state index contributed by atoms with van der Waals surface area (Å²) in [5, 5.41) is 9.78. The summed E-state index contributed by atoms with van der Waals surface area (Å²) in [5.74, 6) is 0.778. The maximum Gasteiger partial charge on any atom is 0.132 e. The molecule has 14 heavy (non-hydrogen) atoms. The van der Waals surface area contributed by atoms with Gasteiger partial charge < -0.3 is 9.72 Å². The number of fused-ring (bicyclic) bond motifs is 1. The van der Waals surface area contributed by atoms with Crippen LogP contribution in [0.5, 0.6) is 5.75 Å². The van der Waals surface area contributed by atoms with Crippen LogP contribution in [0.25, 0.3) is 10.9 Å². The van der Waals surface area contributed by atoms with Crippen LogP contribution in [0.1, 0.15) is 11.1 Å². The van der Waals surface area contributed by atoms with Gasteiger partial charge in [0.2, 0.25) is 0 Å². The molecule has 0 amide bonds. The van der Waals surface area contributed by atoms with E-state index in [0.717, 1.165) is 22.2 Å². The quantitative estimate of drug-likeness (QED) is 0.743. The van der Waals surface area contributed by atoms with Gasteiger partial charge in [0.1, 0.15) is 11.8 Å². The smallest absolute Gasteiger partial charge is 0.132 e. The van der Waals surface area contributed by atoms with Crippen molar-refractivity contribution in [1.82, 2.24) is 4.98 Å². The van der Waals surface area contributed by atoms with E-state index in [2.05, 4.69) is 11.1 Å². The predicted octanol–water partition coefficient (Wildman–Crippen LogP) is 2.36. The number of aromatic nitrogens is 1. The largest absolute Gasteiger partial charge is 0.496 e. The van der Waals surface area contributed by atoms with E-state index in [-0.39, 0.29) is 0 Å². The summed E-state index contributed by atoms with van der Waals surface area (Å²) in [6.45, 7) is 1.96. The number of methoxy groups -OCH3 is 1. The number of aromatic amines is 1. The lowest BCUT2D eigenvalue weighted by Gasteiger charge is -2.05. The lowest BCUT2D eigenvalue weighted by molar-refractivity contribution is 0.417. The molecule has 0 aliphatic carbocycles.